The summed E-state index contributed by atoms with van der Waals surface area (Å²) in [7, 11) is 0. The largest absolute Gasteiger partial charge is 0.457 e. The Balaban J connectivity index is 1.93. The number of rotatable bonds is 7. The fourth-order valence-electron chi connectivity index (χ4n) is 3.14. The quantitative estimate of drug-likeness (QED) is 0.328. The third kappa shape index (κ3) is 7.47. The molecular formula is C23H16F10N2O2. The summed E-state index contributed by atoms with van der Waals surface area (Å²) in [6.07, 6.45) is -16.8. The topological polar surface area (TPSA) is 45.6 Å². The summed E-state index contributed by atoms with van der Waals surface area (Å²) in [5.74, 6) is -1.77. The molecule has 200 valence electrons. The molecule has 1 heterocycles. The zero-order valence-electron chi connectivity index (χ0n) is 18.3. The van der Waals surface area contributed by atoms with Gasteiger partial charge in [-0.25, -0.2) is 4.39 Å². The number of hydrogen-bond donors (Lipinski definition) is 1. The normalized spacial score (nSPS) is 13.4. The van der Waals surface area contributed by atoms with Crippen LogP contribution < -0.4 is 9.64 Å². The van der Waals surface area contributed by atoms with Gasteiger partial charge >= 0.3 is 18.5 Å². The molecule has 0 amide bonds. The van der Waals surface area contributed by atoms with Gasteiger partial charge in [0.2, 0.25) is 0 Å². The fourth-order valence-corrected chi connectivity index (χ4v) is 3.14. The van der Waals surface area contributed by atoms with Gasteiger partial charge in [-0.1, -0.05) is 12.1 Å². The van der Waals surface area contributed by atoms with E-state index in [1.165, 1.54) is 18.2 Å². The van der Waals surface area contributed by atoms with Crippen molar-refractivity contribution in [2.24, 2.45) is 0 Å². The van der Waals surface area contributed by atoms with Gasteiger partial charge in [0.1, 0.15) is 23.0 Å². The zero-order valence-corrected chi connectivity index (χ0v) is 18.3. The van der Waals surface area contributed by atoms with Crippen LogP contribution in [0.3, 0.4) is 0 Å². The summed E-state index contributed by atoms with van der Waals surface area (Å²) in [4.78, 5) is 4.01. The maximum atomic E-state index is 14.4. The minimum Gasteiger partial charge on any atom is -0.457 e. The first-order valence-electron chi connectivity index (χ1n) is 10.2. The third-order valence-corrected chi connectivity index (χ3v) is 4.95. The monoisotopic (exact) mass is 542 g/mol. The van der Waals surface area contributed by atoms with Crippen LogP contribution in [0.2, 0.25) is 0 Å². The summed E-state index contributed by atoms with van der Waals surface area (Å²) in [5, 5.41) is 9.57. The molecule has 0 fully saturated rings. The summed E-state index contributed by atoms with van der Waals surface area (Å²) >= 11 is 0. The summed E-state index contributed by atoms with van der Waals surface area (Å²) < 4.78 is 136. The van der Waals surface area contributed by atoms with E-state index >= 15 is 0 Å². The van der Waals surface area contributed by atoms with E-state index in [0.717, 1.165) is 29.3 Å². The van der Waals surface area contributed by atoms with Crippen LogP contribution in [0.4, 0.5) is 49.6 Å². The van der Waals surface area contributed by atoms with Gasteiger partial charge in [-0.05, 0) is 30.3 Å². The first-order chi connectivity index (χ1) is 17.0. The maximum absolute atomic E-state index is 14.4. The summed E-state index contributed by atoms with van der Waals surface area (Å²) in [6.45, 7) is -1.82. The molecule has 0 bridgehead atoms. The zero-order chi connectivity index (χ0) is 27.6. The Hall–Kier alpha value is -3.55. The van der Waals surface area contributed by atoms with Crippen LogP contribution in [-0.4, -0.2) is 28.9 Å². The van der Waals surface area contributed by atoms with Crippen LogP contribution in [0, 0.1) is 5.82 Å². The molecule has 0 saturated heterocycles. The van der Waals surface area contributed by atoms with E-state index in [0.29, 0.717) is 12.1 Å². The van der Waals surface area contributed by atoms with Gasteiger partial charge in [-0.3, -0.25) is 4.98 Å². The van der Waals surface area contributed by atoms with Crippen molar-refractivity contribution in [3.05, 3.63) is 83.4 Å². The molecule has 0 aliphatic rings. The van der Waals surface area contributed by atoms with E-state index in [1.54, 1.807) is 0 Å². The average molecular weight is 542 g/mol. The van der Waals surface area contributed by atoms with E-state index in [4.69, 9.17) is 4.74 Å². The van der Waals surface area contributed by atoms with Crippen molar-refractivity contribution in [3.63, 3.8) is 0 Å². The lowest BCUT2D eigenvalue weighted by molar-refractivity contribution is -0.200. The van der Waals surface area contributed by atoms with Crippen molar-refractivity contribution in [2.75, 3.05) is 11.4 Å². The van der Waals surface area contributed by atoms with Crippen molar-refractivity contribution in [3.8, 4) is 11.5 Å². The molecule has 0 aliphatic heterocycles. The molecule has 4 nitrogen and oxygen atoms in total. The summed E-state index contributed by atoms with van der Waals surface area (Å²) in [6, 6.07) is 8.08. The SMILES string of the molecule is O[C@H](CN(Cc1ccc(C(F)(F)F)cc1F)c1cccc(Oc2ccnc(C(F)(F)F)c2)c1)C(F)(F)F. The molecular weight excluding hydrogens is 526 g/mol. The molecule has 37 heavy (non-hydrogen) atoms. The average Bonchev–Trinajstić information content (AvgIpc) is 2.78. The van der Waals surface area contributed by atoms with Crippen LogP contribution >= 0.6 is 0 Å². The van der Waals surface area contributed by atoms with Gasteiger partial charge in [0.25, 0.3) is 0 Å². The molecule has 0 unspecified atom stereocenters. The first-order valence-corrected chi connectivity index (χ1v) is 10.2. The lowest BCUT2D eigenvalue weighted by atomic mass is 10.1. The number of benzene rings is 2. The van der Waals surface area contributed by atoms with E-state index in [2.05, 4.69) is 4.98 Å². The number of nitrogens with zero attached hydrogens (tertiary/aromatic N) is 2. The number of halogens is 10. The predicted octanol–water partition coefficient (Wildman–Crippen LogP) is 6.98. The van der Waals surface area contributed by atoms with Crippen LogP contribution in [0.15, 0.2) is 60.8 Å². The van der Waals surface area contributed by atoms with E-state index in [1.807, 2.05) is 0 Å². The number of aliphatic hydroxyl groups excluding tert-OH is 1. The Labute approximate surface area is 202 Å². The highest BCUT2D eigenvalue weighted by molar-refractivity contribution is 5.52. The first kappa shape index (κ1) is 28.0. The lowest BCUT2D eigenvalue weighted by Gasteiger charge is -2.29. The Morgan fingerprint density at radius 1 is 0.838 bits per heavy atom. The molecule has 1 atom stereocenters. The Morgan fingerprint density at radius 3 is 2.11 bits per heavy atom. The summed E-state index contributed by atoms with van der Waals surface area (Å²) in [5.41, 5.74) is -3.06. The molecule has 1 N–H and O–H groups in total. The molecule has 0 saturated carbocycles. The molecule has 3 aromatic rings. The minimum atomic E-state index is -5.07. The molecule has 1 aromatic heterocycles. The van der Waals surface area contributed by atoms with Crippen molar-refractivity contribution in [2.45, 2.75) is 31.2 Å². The molecule has 3 rings (SSSR count). The number of aliphatic hydroxyl groups is 1. The van der Waals surface area contributed by atoms with Crippen LogP contribution in [-0.2, 0) is 18.9 Å². The Morgan fingerprint density at radius 2 is 1.51 bits per heavy atom. The van der Waals surface area contributed by atoms with Crippen molar-refractivity contribution < 1.29 is 53.7 Å². The van der Waals surface area contributed by atoms with Crippen molar-refractivity contribution >= 4 is 5.69 Å². The second-order valence-electron chi connectivity index (χ2n) is 7.72. The van der Waals surface area contributed by atoms with Crippen LogP contribution in [0.5, 0.6) is 11.5 Å². The van der Waals surface area contributed by atoms with Crippen LogP contribution in [0.25, 0.3) is 0 Å². The van der Waals surface area contributed by atoms with Crippen molar-refractivity contribution in [1.82, 2.24) is 4.98 Å². The van der Waals surface area contributed by atoms with Gasteiger partial charge < -0.3 is 14.7 Å². The number of hydrogen-bond acceptors (Lipinski definition) is 4. The number of alkyl halides is 9. The van der Waals surface area contributed by atoms with E-state index < -0.39 is 60.4 Å². The van der Waals surface area contributed by atoms with Gasteiger partial charge in [0, 0.05) is 36.1 Å². The van der Waals surface area contributed by atoms with Crippen molar-refractivity contribution in [1.29, 1.82) is 0 Å². The minimum absolute atomic E-state index is 0.0924. The van der Waals surface area contributed by atoms with Gasteiger partial charge in [0.05, 0.1) is 12.1 Å². The second-order valence-corrected chi connectivity index (χ2v) is 7.72. The highest BCUT2D eigenvalue weighted by atomic mass is 19.4. The molecule has 2 aromatic carbocycles. The molecule has 0 spiro atoms. The third-order valence-electron chi connectivity index (χ3n) is 4.95. The number of aromatic nitrogens is 1. The fraction of sp³-hybridized carbons (Fsp3) is 0.261. The molecule has 14 heteroatoms. The predicted molar refractivity (Wildman–Crippen MR) is 110 cm³/mol. The highest BCUT2D eigenvalue weighted by Gasteiger charge is 2.39. The molecule has 0 aliphatic carbocycles. The smallest absolute Gasteiger partial charge is 0.433 e. The standard InChI is InChI=1S/C23H16F10N2O2/c24-18-8-14(21(25,26)27)5-4-13(18)11-35(12-20(36)23(31,32)33)15-2-1-3-16(9-15)37-17-6-7-34-19(10-17)22(28,29)30/h1-10,20,36H,11-12H2/t20-/m1/s1. The van der Waals surface area contributed by atoms with Gasteiger partial charge in [-0.2, -0.15) is 39.5 Å². The number of anilines is 1. The Bertz CT molecular complexity index is 1230. The lowest BCUT2D eigenvalue weighted by Crippen LogP contribution is -2.41. The number of ether oxygens (including phenoxy) is 1. The van der Waals surface area contributed by atoms with E-state index in [9.17, 15) is 49.0 Å². The maximum Gasteiger partial charge on any atom is 0.433 e. The van der Waals surface area contributed by atoms with Crippen LogP contribution in [0.1, 0.15) is 16.8 Å². The second kappa shape index (κ2) is 10.4. The Kier molecular flexibility index (Phi) is 7.91. The number of pyridine rings is 1. The highest BCUT2D eigenvalue weighted by Crippen LogP contribution is 2.34. The van der Waals surface area contributed by atoms with Gasteiger partial charge in [0.15, 0.2) is 6.10 Å². The van der Waals surface area contributed by atoms with E-state index in [-0.39, 0.29) is 23.3 Å². The molecule has 0 radical (unpaired) electrons. The van der Waals surface area contributed by atoms with Gasteiger partial charge in [-0.15, -0.1) is 0 Å².